The van der Waals surface area contributed by atoms with Crippen molar-refractivity contribution in [3.8, 4) is 5.75 Å². The van der Waals surface area contributed by atoms with E-state index in [0.29, 0.717) is 11.3 Å². The Labute approximate surface area is 150 Å². The number of amides is 2. The molecule has 2 aliphatic rings. The fourth-order valence-electron chi connectivity index (χ4n) is 3.39. The molecule has 132 valence electrons. The first-order chi connectivity index (χ1) is 12.5. The van der Waals surface area contributed by atoms with Crippen LogP contribution in [0.25, 0.3) is 12.2 Å². The third-order valence-corrected chi connectivity index (χ3v) is 4.74. The second-order valence-corrected chi connectivity index (χ2v) is 6.58. The van der Waals surface area contributed by atoms with Gasteiger partial charge in [0.15, 0.2) is 0 Å². The largest absolute Gasteiger partial charge is 0.508 e. The molecule has 2 amide bonds. The highest BCUT2D eigenvalue weighted by molar-refractivity contribution is 6.10. The summed E-state index contributed by atoms with van der Waals surface area (Å²) in [6, 6.07) is 11.5. The number of aliphatic hydroxyl groups excluding tert-OH is 1. The zero-order chi connectivity index (χ0) is 18.3. The van der Waals surface area contributed by atoms with Gasteiger partial charge in [-0.1, -0.05) is 30.4 Å². The van der Waals surface area contributed by atoms with E-state index in [1.54, 1.807) is 36.4 Å². The summed E-state index contributed by atoms with van der Waals surface area (Å²) in [6.07, 6.45) is 3.33. The minimum absolute atomic E-state index is 0.171. The van der Waals surface area contributed by atoms with Crippen molar-refractivity contribution in [2.45, 2.75) is 18.6 Å². The molecule has 2 aromatic carbocycles. The molecule has 26 heavy (non-hydrogen) atoms. The SMILES string of the molecule is O=C1Nc2ccc(C=Cc3ccc(O)cc3)cc2C(=O)N2CC(O)CC12. The highest BCUT2D eigenvalue weighted by Crippen LogP contribution is 2.30. The Kier molecular flexibility index (Phi) is 3.97. The lowest BCUT2D eigenvalue weighted by Crippen LogP contribution is -2.40. The van der Waals surface area contributed by atoms with Gasteiger partial charge in [0.1, 0.15) is 11.8 Å². The molecule has 3 N–H and O–H groups in total. The summed E-state index contributed by atoms with van der Waals surface area (Å²) in [5.41, 5.74) is 2.64. The van der Waals surface area contributed by atoms with Crippen molar-refractivity contribution in [1.29, 1.82) is 0 Å². The fourth-order valence-corrected chi connectivity index (χ4v) is 3.39. The molecule has 2 heterocycles. The predicted molar refractivity (Wildman–Crippen MR) is 97.6 cm³/mol. The van der Waals surface area contributed by atoms with Gasteiger partial charge in [0, 0.05) is 13.0 Å². The zero-order valence-corrected chi connectivity index (χ0v) is 13.9. The van der Waals surface area contributed by atoms with E-state index in [4.69, 9.17) is 0 Å². The number of carbonyl (C=O) groups is 2. The molecular weight excluding hydrogens is 332 g/mol. The quantitative estimate of drug-likeness (QED) is 0.724. The van der Waals surface area contributed by atoms with Crippen molar-refractivity contribution >= 4 is 29.7 Å². The molecule has 6 nitrogen and oxygen atoms in total. The van der Waals surface area contributed by atoms with Gasteiger partial charge in [-0.2, -0.15) is 0 Å². The van der Waals surface area contributed by atoms with Crippen LogP contribution in [0.2, 0.25) is 0 Å². The van der Waals surface area contributed by atoms with E-state index in [1.165, 1.54) is 4.90 Å². The molecule has 0 radical (unpaired) electrons. The second kappa shape index (κ2) is 6.31. The number of fused-ring (bicyclic) bond motifs is 2. The first-order valence-corrected chi connectivity index (χ1v) is 8.42. The zero-order valence-electron chi connectivity index (χ0n) is 13.9. The first-order valence-electron chi connectivity index (χ1n) is 8.42. The molecule has 6 heteroatoms. The molecule has 0 aliphatic carbocycles. The topological polar surface area (TPSA) is 89.9 Å². The number of nitrogens with zero attached hydrogens (tertiary/aromatic N) is 1. The Hall–Kier alpha value is -3.12. The molecule has 2 unspecified atom stereocenters. The van der Waals surface area contributed by atoms with Gasteiger partial charge in [-0.15, -0.1) is 0 Å². The highest BCUT2D eigenvalue weighted by Gasteiger charge is 2.42. The lowest BCUT2D eigenvalue weighted by atomic mass is 10.1. The Balaban J connectivity index is 1.65. The first kappa shape index (κ1) is 16.4. The number of rotatable bonds is 2. The van der Waals surface area contributed by atoms with Crippen LogP contribution in [-0.2, 0) is 4.79 Å². The molecule has 0 saturated carbocycles. The Morgan fingerprint density at radius 3 is 2.50 bits per heavy atom. The van der Waals surface area contributed by atoms with Gasteiger partial charge < -0.3 is 20.4 Å². The third kappa shape index (κ3) is 2.95. The normalized spacial score (nSPS) is 22.1. The van der Waals surface area contributed by atoms with Gasteiger partial charge in [0.05, 0.1) is 17.4 Å². The van der Waals surface area contributed by atoms with Crippen LogP contribution in [0.1, 0.15) is 27.9 Å². The van der Waals surface area contributed by atoms with Gasteiger partial charge in [0.2, 0.25) is 5.91 Å². The van der Waals surface area contributed by atoms with Crippen LogP contribution in [0.15, 0.2) is 42.5 Å². The summed E-state index contributed by atoms with van der Waals surface area (Å²) < 4.78 is 0. The van der Waals surface area contributed by atoms with Crippen LogP contribution in [0, 0.1) is 0 Å². The number of phenolic OH excluding ortho intramolecular Hbond substituents is 1. The average molecular weight is 350 g/mol. The number of aliphatic hydroxyl groups is 1. The van der Waals surface area contributed by atoms with E-state index in [1.807, 2.05) is 18.2 Å². The van der Waals surface area contributed by atoms with Crippen LogP contribution in [0.5, 0.6) is 5.75 Å². The van der Waals surface area contributed by atoms with Crippen LogP contribution in [-0.4, -0.2) is 45.6 Å². The smallest absolute Gasteiger partial charge is 0.256 e. The van der Waals surface area contributed by atoms with Crippen molar-refractivity contribution in [2.24, 2.45) is 0 Å². The van der Waals surface area contributed by atoms with Crippen molar-refractivity contribution in [3.05, 3.63) is 59.2 Å². The summed E-state index contributed by atoms with van der Waals surface area (Å²) >= 11 is 0. The average Bonchev–Trinajstić information content (AvgIpc) is 2.99. The number of carbonyl (C=O) groups excluding carboxylic acids is 2. The van der Waals surface area contributed by atoms with Crippen molar-refractivity contribution in [1.82, 2.24) is 4.90 Å². The van der Waals surface area contributed by atoms with E-state index in [2.05, 4.69) is 5.32 Å². The number of phenols is 1. The molecule has 2 aromatic rings. The van der Waals surface area contributed by atoms with Crippen molar-refractivity contribution in [2.75, 3.05) is 11.9 Å². The van der Waals surface area contributed by atoms with Gasteiger partial charge in [-0.05, 0) is 35.4 Å². The van der Waals surface area contributed by atoms with Crippen LogP contribution in [0.3, 0.4) is 0 Å². The Morgan fingerprint density at radius 1 is 1.04 bits per heavy atom. The van der Waals surface area contributed by atoms with Gasteiger partial charge in [-0.25, -0.2) is 0 Å². The highest BCUT2D eigenvalue weighted by atomic mass is 16.3. The molecule has 2 atom stereocenters. The number of nitrogens with one attached hydrogen (secondary N) is 1. The standard InChI is InChI=1S/C20H18N2O4/c23-14-6-3-12(4-7-14)1-2-13-5-8-17-16(9-13)20(26)22-11-15(24)10-18(22)19(25)21-17/h1-9,15,18,23-24H,10-11H2,(H,21,25). The lowest BCUT2D eigenvalue weighted by Gasteiger charge is -2.19. The monoisotopic (exact) mass is 350 g/mol. The third-order valence-electron chi connectivity index (χ3n) is 4.74. The Morgan fingerprint density at radius 2 is 1.73 bits per heavy atom. The number of aromatic hydroxyl groups is 1. The number of anilines is 1. The maximum Gasteiger partial charge on any atom is 0.256 e. The van der Waals surface area contributed by atoms with Gasteiger partial charge in [-0.3, -0.25) is 9.59 Å². The van der Waals surface area contributed by atoms with Crippen molar-refractivity contribution < 1.29 is 19.8 Å². The van der Waals surface area contributed by atoms with E-state index >= 15 is 0 Å². The number of hydrogen-bond acceptors (Lipinski definition) is 4. The van der Waals surface area contributed by atoms with Crippen LogP contribution in [0.4, 0.5) is 5.69 Å². The van der Waals surface area contributed by atoms with E-state index in [0.717, 1.165) is 11.1 Å². The van der Waals surface area contributed by atoms with E-state index in [9.17, 15) is 19.8 Å². The second-order valence-electron chi connectivity index (χ2n) is 6.58. The molecule has 1 saturated heterocycles. The predicted octanol–water partition coefficient (Wildman–Crippen LogP) is 2.09. The van der Waals surface area contributed by atoms with Gasteiger partial charge in [0.25, 0.3) is 5.91 Å². The summed E-state index contributed by atoms with van der Waals surface area (Å²) in [6.45, 7) is 0.171. The van der Waals surface area contributed by atoms with E-state index < -0.39 is 12.1 Å². The number of hydrogen-bond donors (Lipinski definition) is 3. The maximum absolute atomic E-state index is 12.8. The molecule has 2 aliphatic heterocycles. The molecule has 0 bridgehead atoms. The minimum Gasteiger partial charge on any atom is -0.508 e. The lowest BCUT2D eigenvalue weighted by molar-refractivity contribution is -0.119. The maximum atomic E-state index is 12.8. The number of benzene rings is 2. The molecule has 0 aromatic heterocycles. The molecule has 0 spiro atoms. The molecule has 1 fully saturated rings. The summed E-state index contributed by atoms with van der Waals surface area (Å²) in [5.74, 6) is -0.309. The summed E-state index contributed by atoms with van der Waals surface area (Å²) in [7, 11) is 0. The van der Waals surface area contributed by atoms with Crippen LogP contribution >= 0.6 is 0 Å². The fraction of sp³-hybridized carbons (Fsp3) is 0.200. The molecule has 4 rings (SSSR count). The minimum atomic E-state index is -0.672. The van der Waals surface area contributed by atoms with E-state index in [-0.39, 0.29) is 30.5 Å². The van der Waals surface area contributed by atoms with Crippen LogP contribution < -0.4 is 5.32 Å². The summed E-state index contributed by atoms with van der Waals surface area (Å²) in [4.78, 5) is 26.6. The van der Waals surface area contributed by atoms with Gasteiger partial charge >= 0.3 is 0 Å². The Bertz CT molecular complexity index is 905. The van der Waals surface area contributed by atoms with Crippen molar-refractivity contribution in [3.63, 3.8) is 0 Å². The molecular formula is C20H18N2O4. The summed E-state index contributed by atoms with van der Waals surface area (Å²) in [5, 5.41) is 21.9.